The Morgan fingerprint density at radius 3 is 2.50 bits per heavy atom. The van der Waals surface area contributed by atoms with E-state index in [9.17, 15) is 14.4 Å². The van der Waals surface area contributed by atoms with Gasteiger partial charge in [-0.3, -0.25) is 9.59 Å². The van der Waals surface area contributed by atoms with E-state index >= 15 is 0 Å². The fraction of sp³-hybridized carbons (Fsp3) is 0.786. The predicted octanol–water partition coefficient (Wildman–Crippen LogP) is 0.623. The average molecular weight is 335 g/mol. The second kappa shape index (κ2) is 13.5. The van der Waals surface area contributed by atoms with E-state index in [2.05, 4.69) is 4.74 Å². The van der Waals surface area contributed by atoms with Gasteiger partial charge in [0, 0.05) is 6.61 Å². The van der Waals surface area contributed by atoms with Crippen LogP contribution in [0.3, 0.4) is 0 Å². The average Bonchev–Trinajstić information content (AvgIpc) is 2.49. The van der Waals surface area contributed by atoms with E-state index in [1.807, 2.05) is 6.92 Å². The Bertz CT molecular complexity index is 350. The first-order valence-corrected chi connectivity index (χ1v) is 8.51. The number of esters is 3. The van der Waals surface area contributed by atoms with Gasteiger partial charge in [0.25, 0.3) is 0 Å². The van der Waals surface area contributed by atoms with Crippen molar-refractivity contribution in [3.8, 4) is 0 Å². The lowest BCUT2D eigenvalue weighted by Gasteiger charge is -2.09. The van der Waals surface area contributed by atoms with Gasteiger partial charge in [0.1, 0.15) is 6.04 Å². The Balaban J connectivity index is 3.79. The highest BCUT2D eigenvalue weighted by molar-refractivity contribution is 7.99. The second-order valence-corrected chi connectivity index (χ2v) is 5.93. The van der Waals surface area contributed by atoms with Gasteiger partial charge >= 0.3 is 17.9 Å². The Morgan fingerprint density at radius 2 is 1.86 bits per heavy atom. The molecule has 8 heteroatoms. The second-order valence-electron chi connectivity index (χ2n) is 4.54. The minimum Gasteiger partial charge on any atom is -0.466 e. The summed E-state index contributed by atoms with van der Waals surface area (Å²) in [4.78, 5) is 34.2. The van der Waals surface area contributed by atoms with Crippen LogP contribution in [-0.4, -0.2) is 53.8 Å². The zero-order chi connectivity index (χ0) is 16.8. The summed E-state index contributed by atoms with van der Waals surface area (Å²) in [6.07, 6.45) is 1.19. The molecular formula is C14H25NO6S. The highest BCUT2D eigenvalue weighted by Crippen LogP contribution is 2.05. The molecule has 0 saturated heterocycles. The summed E-state index contributed by atoms with van der Waals surface area (Å²) in [6, 6.07) is -0.826. The van der Waals surface area contributed by atoms with E-state index < -0.39 is 23.9 Å². The molecule has 0 saturated carbocycles. The molecule has 0 amide bonds. The smallest absolute Gasteiger partial charge is 0.330 e. The van der Waals surface area contributed by atoms with Crippen molar-refractivity contribution in [2.75, 3.05) is 24.7 Å². The first-order valence-electron chi connectivity index (χ1n) is 7.35. The van der Waals surface area contributed by atoms with Gasteiger partial charge in [0.2, 0.25) is 0 Å². The van der Waals surface area contributed by atoms with Crippen LogP contribution in [0.25, 0.3) is 0 Å². The van der Waals surface area contributed by atoms with E-state index in [0.717, 1.165) is 11.5 Å². The molecule has 0 unspecified atom stereocenters. The molecule has 0 fully saturated rings. The molecule has 0 aromatic rings. The third kappa shape index (κ3) is 11.5. The molecule has 0 rings (SSSR count). The number of hydrogen-bond donors (Lipinski definition) is 2. The third-order valence-corrected chi connectivity index (χ3v) is 3.58. The molecule has 0 heterocycles. The zero-order valence-corrected chi connectivity index (χ0v) is 13.7. The summed E-state index contributed by atoms with van der Waals surface area (Å²) in [7, 11) is 0. The van der Waals surface area contributed by atoms with Gasteiger partial charge in [0.15, 0.2) is 0 Å². The lowest BCUT2D eigenvalue weighted by atomic mass is 10.2. The summed E-state index contributed by atoms with van der Waals surface area (Å²) in [5.74, 6) is -0.428. The Kier molecular flexibility index (Phi) is 12.8. The van der Waals surface area contributed by atoms with Crippen LogP contribution >= 0.6 is 11.8 Å². The predicted molar refractivity (Wildman–Crippen MR) is 83.2 cm³/mol. The summed E-state index contributed by atoms with van der Waals surface area (Å²) in [5.41, 5.74) is 5.60. The number of unbranched alkanes of at least 4 members (excludes halogenated alkanes) is 1. The van der Waals surface area contributed by atoms with Crippen LogP contribution < -0.4 is 5.73 Å². The van der Waals surface area contributed by atoms with Crippen LogP contribution in [0.5, 0.6) is 0 Å². The van der Waals surface area contributed by atoms with Crippen LogP contribution in [-0.2, 0) is 23.9 Å². The van der Waals surface area contributed by atoms with Crippen LogP contribution in [0.15, 0.2) is 0 Å². The highest BCUT2D eigenvalue weighted by atomic mass is 32.2. The fourth-order valence-electron chi connectivity index (χ4n) is 1.39. The summed E-state index contributed by atoms with van der Waals surface area (Å²) < 4.78 is 9.43. The molecule has 1 atom stereocenters. The zero-order valence-electron chi connectivity index (χ0n) is 12.9. The standard InChI is InChI=1S/C14H25NO6S/c1-2-22-10-7-11(15)14(19)21-13(18)6-5-12(17)20-9-4-3-8-16/h11,16H,2-10,15H2,1H3/t11-/m0/s1. The van der Waals surface area contributed by atoms with E-state index in [-0.39, 0.29) is 26.1 Å². The molecule has 128 valence electrons. The van der Waals surface area contributed by atoms with Crippen LogP contribution in [0.1, 0.15) is 39.0 Å². The fourth-order valence-corrected chi connectivity index (χ4v) is 2.10. The van der Waals surface area contributed by atoms with E-state index in [1.165, 1.54) is 0 Å². The van der Waals surface area contributed by atoms with Gasteiger partial charge in [-0.15, -0.1) is 0 Å². The van der Waals surface area contributed by atoms with Crippen LogP contribution in [0.4, 0.5) is 0 Å². The molecule has 3 N–H and O–H groups in total. The van der Waals surface area contributed by atoms with Gasteiger partial charge in [0.05, 0.1) is 19.4 Å². The number of aliphatic hydroxyl groups excluding tert-OH is 1. The number of rotatable bonds is 12. The molecule has 0 aliphatic rings. The van der Waals surface area contributed by atoms with E-state index in [4.69, 9.17) is 15.6 Å². The first kappa shape index (κ1) is 20.9. The van der Waals surface area contributed by atoms with Gasteiger partial charge in [-0.2, -0.15) is 11.8 Å². The third-order valence-electron chi connectivity index (χ3n) is 2.64. The molecular weight excluding hydrogens is 310 g/mol. The monoisotopic (exact) mass is 335 g/mol. The van der Waals surface area contributed by atoms with Crippen molar-refractivity contribution in [2.24, 2.45) is 5.73 Å². The minimum absolute atomic E-state index is 0.0446. The van der Waals surface area contributed by atoms with Crippen molar-refractivity contribution in [1.82, 2.24) is 0 Å². The molecule has 0 radical (unpaired) electrons. The normalized spacial score (nSPS) is 11.8. The van der Waals surface area contributed by atoms with E-state index in [0.29, 0.717) is 19.3 Å². The van der Waals surface area contributed by atoms with Gasteiger partial charge in [-0.25, -0.2) is 4.79 Å². The van der Waals surface area contributed by atoms with Gasteiger partial charge in [-0.05, 0) is 30.8 Å². The number of thioether (sulfide) groups is 1. The number of aliphatic hydroxyl groups is 1. The van der Waals surface area contributed by atoms with Gasteiger partial charge < -0.3 is 20.3 Å². The summed E-state index contributed by atoms with van der Waals surface area (Å²) in [5, 5.41) is 8.56. The molecule has 22 heavy (non-hydrogen) atoms. The van der Waals surface area contributed by atoms with Crippen molar-refractivity contribution < 1.29 is 29.0 Å². The maximum Gasteiger partial charge on any atom is 0.330 e. The minimum atomic E-state index is -0.826. The van der Waals surface area contributed by atoms with Crippen LogP contribution in [0.2, 0.25) is 0 Å². The maximum atomic E-state index is 11.5. The Labute approximate surface area is 134 Å². The molecule has 0 aliphatic heterocycles. The van der Waals surface area contributed by atoms with Crippen molar-refractivity contribution >= 4 is 29.7 Å². The number of carbonyl (C=O) groups is 3. The van der Waals surface area contributed by atoms with Crippen molar-refractivity contribution in [3.63, 3.8) is 0 Å². The number of carbonyl (C=O) groups excluding carboxylic acids is 3. The number of hydrogen-bond acceptors (Lipinski definition) is 8. The van der Waals surface area contributed by atoms with E-state index in [1.54, 1.807) is 11.8 Å². The summed E-state index contributed by atoms with van der Waals surface area (Å²) >= 11 is 1.65. The lowest BCUT2D eigenvalue weighted by Crippen LogP contribution is -2.34. The molecule has 0 aromatic carbocycles. The quantitative estimate of drug-likeness (QED) is 0.303. The molecule has 0 spiro atoms. The molecule has 0 bridgehead atoms. The first-order chi connectivity index (χ1) is 10.5. The maximum absolute atomic E-state index is 11.5. The molecule has 7 nitrogen and oxygen atoms in total. The lowest BCUT2D eigenvalue weighted by molar-refractivity contribution is -0.162. The number of ether oxygens (including phenoxy) is 2. The highest BCUT2D eigenvalue weighted by Gasteiger charge is 2.19. The Morgan fingerprint density at radius 1 is 1.18 bits per heavy atom. The Hall–Kier alpha value is -1.12. The van der Waals surface area contributed by atoms with Crippen molar-refractivity contribution in [3.05, 3.63) is 0 Å². The van der Waals surface area contributed by atoms with Crippen LogP contribution in [0, 0.1) is 0 Å². The SMILES string of the molecule is CCSCC[C@H](N)C(=O)OC(=O)CCC(=O)OCCCCO. The molecule has 0 aliphatic carbocycles. The molecule has 0 aromatic heterocycles. The largest absolute Gasteiger partial charge is 0.466 e. The van der Waals surface area contributed by atoms with Gasteiger partial charge in [-0.1, -0.05) is 6.92 Å². The number of nitrogens with two attached hydrogens (primary N) is 1. The van der Waals surface area contributed by atoms with Crippen molar-refractivity contribution in [1.29, 1.82) is 0 Å². The summed E-state index contributed by atoms with van der Waals surface area (Å²) in [6.45, 7) is 2.25. The van der Waals surface area contributed by atoms with Crippen molar-refractivity contribution in [2.45, 2.75) is 45.1 Å². The topological polar surface area (TPSA) is 116 Å².